The first-order chi connectivity index (χ1) is 16.3. The lowest BCUT2D eigenvalue weighted by Crippen LogP contribution is -2.47. The number of amides is 1. The first-order valence-corrected chi connectivity index (χ1v) is 11.7. The molecule has 1 aliphatic rings. The van der Waals surface area contributed by atoms with E-state index in [1.807, 2.05) is 32.3 Å². The van der Waals surface area contributed by atoms with Crippen LogP contribution in [0.25, 0.3) is 0 Å². The number of hydrogen-bond acceptors (Lipinski definition) is 7. The van der Waals surface area contributed by atoms with Crippen molar-refractivity contribution in [3.05, 3.63) is 47.3 Å². The molecular weight excluding hydrogens is 438 g/mol. The van der Waals surface area contributed by atoms with Crippen LogP contribution in [0.2, 0.25) is 0 Å². The molecule has 2 aromatic rings. The van der Waals surface area contributed by atoms with Crippen LogP contribution >= 0.6 is 0 Å². The van der Waals surface area contributed by atoms with Crippen LogP contribution in [0.1, 0.15) is 48.3 Å². The van der Waals surface area contributed by atoms with E-state index < -0.39 is 5.97 Å². The van der Waals surface area contributed by atoms with Crippen LogP contribution < -0.4 is 0 Å². The van der Waals surface area contributed by atoms with E-state index in [0.717, 1.165) is 11.3 Å². The highest BCUT2D eigenvalue weighted by Crippen LogP contribution is 2.18. The zero-order valence-electron chi connectivity index (χ0n) is 20.1. The Morgan fingerprint density at radius 1 is 1.32 bits per heavy atom. The molecule has 10 heteroatoms. The van der Waals surface area contributed by atoms with Gasteiger partial charge in [-0.15, -0.1) is 5.10 Å². The van der Waals surface area contributed by atoms with Gasteiger partial charge in [-0.2, -0.15) is 0 Å². The minimum atomic E-state index is -0.945. The van der Waals surface area contributed by atoms with E-state index in [9.17, 15) is 14.7 Å². The molecule has 10 nitrogen and oxygen atoms in total. The second-order valence-electron chi connectivity index (χ2n) is 9.18. The van der Waals surface area contributed by atoms with Gasteiger partial charge in [0, 0.05) is 38.5 Å². The summed E-state index contributed by atoms with van der Waals surface area (Å²) in [6, 6.07) is 6.56. The van der Waals surface area contributed by atoms with Crippen LogP contribution in [0.4, 0.5) is 0 Å². The molecular formula is C24H35N5O5. The van der Waals surface area contributed by atoms with E-state index in [2.05, 4.69) is 22.1 Å². The molecule has 3 atom stereocenters. The van der Waals surface area contributed by atoms with Crippen molar-refractivity contribution in [1.29, 1.82) is 0 Å². The maximum atomic E-state index is 12.9. The molecule has 0 aliphatic carbocycles. The normalized spacial score (nSPS) is 21.0. The zero-order chi connectivity index (χ0) is 24.7. The molecule has 1 aromatic heterocycles. The van der Waals surface area contributed by atoms with Gasteiger partial charge in [-0.05, 0) is 38.1 Å². The first kappa shape index (κ1) is 25.8. The highest BCUT2D eigenvalue weighted by atomic mass is 16.5. The van der Waals surface area contributed by atoms with Gasteiger partial charge in [0.25, 0.3) is 0 Å². The molecule has 1 amide bonds. The fraction of sp³-hybridized carbons (Fsp3) is 0.583. The number of carboxylic acid groups (broad SMARTS) is 1. The molecule has 1 aromatic carbocycles. The second-order valence-corrected chi connectivity index (χ2v) is 9.18. The molecule has 34 heavy (non-hydrogen) atoms. The van der Waals surface area contributed by atoms with Crippen LogP contribution in [0, 0.1) is 5.92 Å². The van der Waals surface area contributed by atoms with Crippen molar-refractivity contribution in [2.75, 3.05) is 26.7 Å². The number of aliphatic hydroxyl groups excluding tert-OH is 1. The standard InChI is InChI=1S/C24H35N5O5/c1-17-11-29(18(2)15-30)23(31)5-4-10-28-13-21(25-26-28)16-34-22(17)14-27(3)12-19-6-8-20(9-7-19)24(32)33/h6-9,13,17-18,22,30H,4-5,10-12,14-16H2,1-3H3,(H,32,33)/t17-,18+,22+/m0/s1. The third-order valence-electron chi connectivity index (χ3n) is 6.19. The van der Waals surface area contributed by atoms with Gasteiger partial charge >= 0.3 is 5.97 Å². The maximum absolute atomic E-state index is 12.9. The second kappa shape index (κ2) is 12.0. The van der Waals surface area contributed by atoms with Crippen molar-refractivity contribution >= 4 is 11.9 Å². The fourth-order valence-electron chi connectivity index (χ4n) is 4.13. The summed E-state index contributed by atoms with van der Waals surface area (Å²) in [4.78, 5) is 27.9. The van der Waals surface area contributed by atoms with E-state index in [1.165, 1.54) is 0 Å². The lowest BCUT2D eigenvalue weighted by atomic mass is 10.0. The summed E-state index contributed by atoms with van der Waals surface area (Å²) in [6.07, 6.45) is 2.68. The topological polar surface area (TPSA) is 121 Å². The Kier molecular flexibility index (Phi) is 9.14. The molecule has 3 rings (SSSR count). The summed E-state index contributed by atoms with van der Waals surface area (Å²) in [5, 5.41) is 27.1. The number of aromatic nitrogens is 3. The fourth-order valence-corrected chi connectivity index (χ4v) is 4.13. The quantitative estimate of drug-likeness (QED) is 0.623. The van der Waals surface area contributed by atoms with E-state index in [1.54, 1.807) is 21.7 Å². The number of fused-ring (bicyclic) bond motifs is 2. The predicted octanol–water partition coefficient (Wildman–Crippen LogP) is 1.63. The average Bonchev–Trinajstić information content (AvgIpc) is 3.27. The Labute approximate surface area is 200 Å². The van der Waals surface area contributed by atoms with Gasteiger partial charge in [0.1, 0.15) is 5.69 Å². The van der Waals surface area contributed by atoms with Crippen molar-refractivity contribution in [2.24, 2.45) is 5.92 Å². The number of benzene rings is 1. The molecule has 2 N–H and O–H groups in total. The minimum absolute atomic E-state index is 0.00517. The van der Waals surface area contributed by atoms with Crippen molar-refractivity contribution in [3.63, 3.8) is 0 Å². The van der Waals surface area contributed by atoms with Gasteiger partial charge in [-0.25, -0.2) is 4.79 Å². The van der Waals surface area contributed by atoms with E-state index in [-0.39, 0.29) is 36.1 Å². The number of nitrogens with zero attached hydrogens (tertiary/aromatic N) is 5. The van der Waals surface area contributed by atoms with E-state index in [0.29, 0.717) is 45.6 Å². The van der Waals surface area contributed by atoms with Gasteiger partial charge in [0.05, 0.1) is 37.1 Å². The number of likely N-dealkylation sites (N-methyl/N-ethyl adjacent to an activating group) is 1. The van der Waals surface area contributed by atoms with Crippen LogP contribution in [0.3, 0.4) is 0 Å². The highest BCUT2D eigenvalue weighted by Gasteiger charge is 2.28. The third kappa shape index (κ3) is 7.09. The van der Waals surface area contributed by atoms with Gasteiger partial charge in [-0.1, -0.05) is 24.3 Å². The largest absolute Gasteiger partial charge is 0.478 e. The number of hydrogen-bond donors (Lipinski definition) is 2. The number of aryl methyl sites for hydroxylation is 1. The van der Waals surface area contributed by atoms with E-state index in [4.69, 9.17) is 9.84 Å². The number of aliphatic hydroxyl groups is 1. The van der Waals surface area contributed by atoms with Crippen LogP contribution in [-0.2, 0) is 29.2 Å². The Bertz CT molecular complexity index is 947. The number of carbonyl (C=O) groups is 2. The Balaban J connectivity index is 1.74. The monoisotopic (exact) mass is 473 g/mol. The van der Waals surface area contributed by atoms with Gasteiger partial charge in [0.15, 0.2) is 0 Å². The van der Waals surface area contributed by atoms with Crippen molar-refractivity contribution < 1.29 is 24.5 Å². The van der Waals surface area contributed by atoms with Crippen molar-refractivity contribution in [3.8, 4) is 0 Å². The highest BCUT2D eigenvalue weighted by molar-refractivity contribution is 5.87. The van der Waals surface area contributed by atoms with Crippen LogP contribution in [0.5, 0.6) is 0 Å². The predicted molar refractivity (Wildman–Crippen MR) is 125 cm³/mol. The van der Waals surface area contributed by atoms with Crippen molar-refractivity contribution in [1.82, 2.24) is 24.8 Å². The number of aromatic carboxylic acids is 1. The number of carboxylic acids is 1. The summed E-state index contributed by atoms with van der Waals surface area (Å²) in [6.45, 7) is 6.45. The molecule has 0 unspecified atom stereocenters. The summed E-state index contributed by atoms with van der Waals surface area (Å²) >= 11 is 0. The van der Waals surface area contributed by atoms with Crippen LogP contribution in [0.15, 0.2) is 30.5 Å². The Morgan fingerprint density at radius 2 is 2.06 bits per heavy atom. The minimum Gasteiger partial charge on any atom is -0.478 e. The molecule has 0 saturated carbocycles. The summed E-state index contributed by atoms with van der Waals surface area (Å²) in [5.74, 6) is -0.927. The summed E-state index contributed by atoms with van der Waals surface area (Å²) in [7, 11) is 1.98. The third-order valence-corrected chi connectivity index (χ3v) is 6.19. The van der Waals surface area contributed by atoms with E-state index >= 15 is 0 Å². The smallest absolute Gasteiger partial charge is 0.335 e. The lowest BCUT2D eigenvalue weighted by molar-refractivity contribution is -0.136. The Morgan fingerprint density at radius 3 is 2.74 bits per heavy atom. The van der Waals surface area contributed by atoms with Gasteiger partial charge in [-0.3, -0.25) is 14.4 Å². The number of carbonyl (C=O) groups excluding carboxylic acids is 1. The van der Waals surface area contributed by atoms with Gasteiger partial charge in [0.2, 0.25) is 5.91 Å². The number of ether oxygens (including phenoxy) is 1. The first-order valence-electron chi connectivity index (χ1n) is 11.7. The van der Waals surface area contributed by atoms with Crippen molar-refractivity contribution in [2.45, 2.75) is 58.5 Å². The molecule has 2 bridgehead atoms. The van der Waals surface area contributed by atoms with Gasteiger partial charge < -0.3 is 19.8 Å². The molecule has 0 saturated heterocycles. The molecule has 2 heterocycles. The molecule has 1 aliphatic heterocycles. The molecule has 0 radical (unpaired) electrons. The molecule has 0 fully saturated rings. The summed E-state index contributed by atoms with van der Waals surface area (Å²) < 4.78 is 8.02. The number of rotatable bonds is 7. The average molecular weight is 474 g/mol. The molecule has 186 valence electrons. The van der Waals surface area contributed by atoms with Crippen LogP contribution in [-0.4, -0.2) is 85.8 Å². The SMILES string of the molecule is C[C@H](CO)N1C[C@H](C)[C@@H](CN(C)Cc2ccc(C(=O)O)cc2)OCc2cn(nn2)CCCC1=O. The zero-order valence-corrected chi connectivity index (χ0v) is 20.1. The Hall–Kier alpha value is -2.82. The summed E-state index contributed by atoms with van der Waals surface area (Å²) in [5.41, 5.74) is 2.00. The molecule has 0 spiro atoms. The lowest BCUT2D eigenvalue weighted by Gasteiger charge is -2.35. The maximum Gasteiger partial charge on any atom is 0.335 e.